The third-order valence-electron chi connectivity index (χ3n) is 10.2. The number of para-hydroxylation sites is 5. The Bertz CT molecular complexity index is 2850. The molecule has 0 atom stereocenters. The van der Waals surface area contributed by atoms with E-state index in [1.54, 1.807) is 0 Å². The van der Waals surface area contributed by atoms with Crippen molar-refractivity contribution in [2.24, 2.45) is 0 Å². The Morgan fingerprint density at radius 2 is 0.596 bits per heavy atom. The van der Waals surface area contributed by atoms with E-state index in [2.05, 4.69) is 132 Å². The number of benzene rings is 8. The van der Waals surface area contributed by atoms with E-state index in [1.807, 2.05) is 84.9 Å². The van der Waals surface area contributed by atoms with Crippen molar-refractivity contribution >= 4 is 39.1 Å². The van der Waals surface area contributed by atoms with Crippen LogP contribution in [0.25, 0.3) is 78.2 Å². The van der Waals surface area contributed by atoms with E-state index >= 15 is 0 Å². The molecule has 0 spiro atoms. The fourth-order valence-corrected chi connectivity index (χ4v) is 7.54. The Labute approximate surface area is 331 Å². The summed E-state index contributed by atoms with van der Waals surface area (Å²) >= 11 is 0. The maximum atomic E-state index is 5.25. The third kappa shape index (κ3) is 6.58. The zero-order chi connectivity index (χ0) is 38.0. The van der Waals surface area contributed by atoms with Crippen molar-refractivity contribution in [1.29, 1.82) is 0 Å². The van der Waals surface area contributed by atoms with Gasteiger partial charge in [-0.3, -0.25) is 0 Å². The van der Waals surface area contributed by atoms with Crippen LogP contribution in [-0.2, 0) is 0 Å². The van der Waals surface area contributed by atoms with Gasteiger partial charge in [0.15, 0.2) is 0 Å². The average molecular weight is 730 g/mol. The third-order valence-corrected chi connectivity index (χ3v) is 10.2. The Morgan fingerprint density at radius 1 is 0.263 bits per heavy atom. The minimum Gasteiger partial charge on any atom is -0.310 e. The maximum Gasteiger partial charge on any atom is 0.0973 e. The summed E-state index contributed by atoms with van der Waals surface area (Å²) in [5.74, 6) is 0. The lowest BCUT2D eigenvalue weighted by molar-refractivity contribution is 1.26. The molecule has 0 saturated carbocycles. The van der Waals surface area contributed by atoms with Crippen LogP contribution >= 0.6 is 0 Å². The van der Waals surface area contributed by atoms with Crippen LogP contribution in [0, 0.1) is 0 Å². The molecule has 0 aliphatic rings. The van der Waals surface area contributed by atoms with Crippen LogP contribution in [0.5, 0.6) is 0 Å². The Kier molecular flexibility index (Phi) is 8.78. The molecule has 10 rings (SSSR count). The number of nitrogens with zero attached hydrogens (tertiary/aromatic N) is 5. The summed E-state index contributed by atoms with van der Waals surface area (Å²) in [5.41, 5.74) is 16.0. The molecule has 0 aliphatic carbocycles. The van der Waals surface area contributed by atoms with E-state index in [4.69, 9.17) is 19.9 Å². The predicted octanol–water partition coefficient (Wildman–Crippen LogP) is 13.4. The highest BCUT2D eigenvalue weighted by atomic mass is 15.1. The molecule has 2 aromatic heterocycles. The molecule has 2 heterocycles. The normalized spacial score (nSPS) is 11.2. The first-order valence-corrected chi connectivity index (χ1v) is 19.1. The highest BCUT2D eigenvalue weighted by molar-refractivity contribution is 5.93. The highest BCUT2D eigenvalue weighted by Gasteiger charge is 2.21. The average Bonchev–Trinajstić information content (AvgIpc) is 3.29. The van der Waals surface area contributed by atoms with E-state index in [0.29, 0.717) is 0 Å². The predicted molar refractivity (Wildman–Crippen MR) is 234 cm³/mol. The second-order valence-corrected chi connectivity index (χ2v) is 13.9. The largest absolute Gasteiger partial charge is 0.310 e. The minimum atomic E-state index is 0.825. The molecule has 10 aromatic rings. The summed E-state index contributed by atoms with van der Waals surface area (Å²) in [7, 11) is 0. The van der Waals surface area contributed by atoms with Crippen LogP contribution < -0.4 is 4.90 Å². The summed E-state index contributed by atoms with van der Waals surface area (Å²) in [4.78, 5) is 23.2. The van der Waals surface area contributed by atoms with Gasteiger partial charge >= 0.3 is 0 Å². The van der Waals surface area contributed by atoms with Gasteiger partial charge < -0.3 is 4.90 Å². The van der Waals surface area contributed by atoms with Gasteiger partial charge in [0.05, 0.1) is 50.5 Å². The Hall–Kier alpha value is -7.76. The van der Waals surface area contributed by atoms with Gasteiger partial charge in [-0.25, -0.2) is 19.9 Å². The zero-order valence-electron chi connectivity index (χ0n) is 30.9. The first-order chi connectivity index (χ1) is 28.3. The van der Waals surface area contributed by atoms with Crippen LogP contribution in [-0.4, -0.2) is 19.9 Å². The fourth-order valence-electron chi connectivity index (χ4n) is 7.54. The molecule has 0 aliphatic heterocycles. The molecule has 0 unspecified atom stereocenters. The van der Waals surface area contributed by atoms with Crippen molar-refractivity contribution in [2.45, 2.75) is 0 Å². The molecule has 0 bridgehead atoms. The summed E-state index contributed by atoms with van der Waals surface area (Å²) < 4.78 is 0. The highest BCUT2D eigenvalue weighted by Crippen LogP contribution is 2.44. The van der Waals surface area contributed by atoms with Crippen molar-refractivity contribution in [1.82, 2.24) is 19.9 Å². The quantitative estimate of drug-likeness (QED) is 0.156. The second kappa shape index (κ2) is 14.8. The van der Waals surface area contributed by atoms with Gasteiger partial charge in [-0.2, -0.15) is 0 Å². The number of aromatic nitrogens is 4. The zero-order valence-corrected chi connectivity index (χ0v) is 30.9. The van der Waals surface area contributed by atoms with Crippen molar-refractivity contribution in [2.75, 3.05) is 4.90 Å². The molecule has 57 heavy (non-hydrogen) atoms. The Balaban J connectivity index is 1.19. The van der Waals surface area contributed by atoms with Crippen molar-refractivity contribution < 1.29 is 0 Å². The number of anilines is 3. The number of hydrogen-bond donors (Lipinski definition) is 0. The van der Waals surface area contributed by atoms with Gasteiger partial charge in [0.1, 0.15) is 0 Å². The van der Waals surface area contributed by atoms with Crippen LogP contribution in [0.2, 0.25) is 0 Å². The number of rotatable bonds is 8. The van der Waals surface area contributed by atoms with Crippen molar-refractivity contribution in [3.63, 3.8) is 0 Å². The number of fused-ring (bicyclic) bond motifs is 2. The van der Waals surface area contributed by atoms with E-state index in [1.165, 1.54) is 0 Å². The SMILES string of the molecule is c1ccc(-c2ccccc2N(c2cccc(-c3nc4ccccc4nc3-c3ccccc3)c2)c2cccc(-c3nc4ccccc4nc3-c3ccccc3)c2)cc1. The van der Waals surface area contributed by atoms with Crippen molar-refractivity contribution in [3.05, 3.63) is 212 Å². The van der Waals surface area contributed by atoms with E-state index < -0.39 is 0 Å². The van der Waals surface area contributed by atoms with E-state index in [0.717, 1.165) is 95.3 Å². The fraction of sp³-hybridized carbons (Fsp3) is 0. The molecule has 5 nitrogen and oxygen atoms in total. The molecule has 5 heteroatoms. The summed E-state index contributed by atoms with van der Waals surface area (Å²) in [6, 6.07) is 73.2. The molecule has 8 aromatic carbocycles. The molecule has 0 N–H and O–H groups in total. The Morgan fingerprint density at radius 3 is 1.04 bits per heavy atom. The van der Waals surface area contributed by atoms with Crippen LogP contribution in [0.1, 0.15) is 0 Å². The summed E-state index contributed by atoms with van der Waals surface area (Å²) in [5, 5.41) is 0. The molecule has 0 saturated heterocycles. The standard InChI is InChI=1S/C52H35N5/c1-4-18-36(19-5-1)43-28-10-15-33-48(43)57(41-26-16-24-39(34-41)51-49(37-20-6-2-7-21-37)53-44-29-11-13-31-46(44)55-51)42-27-17-25-40(35-42)52-50(38-22-8-3-9-23-38)54-45-30-12-14-32-47(45)56-52/h1-35H. The van der Waals surface area contributed by atoms with E-state index in [9.17, 15) is 0 Å². The molecule has 0 fully saturated rings. The molecular formula is C52H35N5. The summed E-state index contributed by atoms with van der Waals surface area (Å²) in [6.45, 7) is 0. The molecule has 268 valence electrons. The molecular weight excluding hydrogens is 695 g/mol. The van der Waals surface area contributed by atoms with E-state index in [-0.39, 0.29) is 0 Å². The monoisotopic (exact) mass is 729 g/mol. The second-order valence-electron chi connectivity index (χ2n) is 13.9. The van der Waals surface area contributed by atoms with Gasteiger partial charge in [0, 0.05) is 39.2 Å². The van der Waals surface area contributed by atoms with Crippen LogP contribution in [0.3, 0.4) is 0 Å². The van der Waals surface area contributed by atoms with Crippen LogP contribution in [0.4, 0.5) is 17.1 Å². The maximum absolute atomic E-state index is 5.25. The minimum absolute atomic E-state index is 0.825. The van der Waals surface area contributed by atoms with Gasteiger partial charge in [0.2, 0.25) is 0 Å². The first-order valence-electron chi connectivity index (χ1n) is 19.1. The lowest BCUT2D eigenvalue weighted by Gasteiger charge is -2.29. The lowest BCUT2D eigenvalue weighted by atomic mass is 9.99. The van der Waals surface area contributed by atoms with Gasteiger partial charge in [0.25, 0.3) is 0 Å². The topological polar surface area (TPSA) is 54.8 Å². The van der Waals surface area contributed by atoms with Gasteiger partial charge in [-0.1, -0.05) is 158 Å². The van der Waals surface area contributed by atoms with Crippen molar-refractivity contribution in [3.8, 4) is 56.2 Å². The molecule has 0 amide bonds. The van der Waals surface area contributed by atoms with Gasteiger partial charge in [-0.05, 0) is 60.2 Å². The van der Waals surface area contributed by atoms with Crippen LogP contribution in [0.15, 0.2) is 212 Å². The summed E-state index contributed by atoms with van der Waals surface area (Å²) in [6.07, 6.45) is 0. The smallest absolute Gasteiger partial charge is 0.0973 e. The molecule has 0 radical (unpaired) electrons. The number of hydrogen-bond acceptors (Lipinski definition) is 5. The van der Waals surface area contributed by atoms with Gasteiger partial charge in [-0.15, -0.1) is 0 Å². The first kappa shape index (κ1) is 33.8. The lowest BCUT2D eigenvalue weighted by Crippen LogP contribution is -2.11.